The van der Waals surface area contributed by atoms with Gasteiger partial charge in [0.15, 0.2) is 0 Å². The Morgan fingerprint density at radius 1 is 1.33 bits per heavy atom. The van der Waals surface area contributed by atoms with Crippen LogP contribution in [0.25, 0.3) is 0 Å². The van der Waals surface area contributed by atoms with Crippen molar-refractivity contribution in [2.24, 2.45) is 5.92 Å². The molecule has 1 unspecified atom stereocenters. The summed E-state index contributed by atoms with van der Waals surface area (Å²) in [6, 6.07) is 0. The fourth-order valence-electron chi connectivity index (χ4n) is 1.01. The Morgan fingerprint density at radius 3 is 2.67 bits per heavy atom. The van der Waals surface area contributed by atoms with Crippen molar-refractivity contribution in [3.05, 3.63) is 0 Å². The average molecular weight is 173 g/mol. The van der Waals surface area contributed by atoms with E-state index in [-0.39, 0.29) is 0 Å². The largest absolute Gasteiger partial charge is 0.380 e. The van der Waals surface area contributed by atoms with Crippen LogP contribution >= 0.6 is 0 Å². The zero-order valence-corrected chi connectivity index (χ0v) is 8.73. The van der Waals surface area contributed by atoms with E-state index in [0.717, 1.165) is 25.7 Å². The molecule has 0 radical (unpaired) electrons. The topological polar surface area (TPSA) is 21.3 Å². The molecule has 0 saturated carbocycles. The van der Waals surface area contributed by atoms with E-state index in [0.29, 0.717) is 0 Å². The maximum atomic E-state index is 5.41. The average Bonchev–Trinajstić information content (AvgIpc) is 2.10. The molecule has 74 valence electrons. The first-order valence-electron chi connectivity index (χ1n) is 5.03. The van der Waals surface area contributed by atoms with E-state index in [4.69, 9.17) is 4.74 Å². The third-order valence-corrected chi connectivity index (χ3v) is 2.18. The minimum atomic E-state index is 0.844. The molecule has 2 heteroatoms. The number of likely N-dealkylation sites (N-methyl/N-ethyl adjacent to an activating group) is 1. The second-order valence-corrected chi connectivity index (χ2v) is 3.37. The molecule has 0 spiro atoms. The van der Waals surface area contributed by atoms with Crippen LogP contribution in [0.1, 0.15) is 33.1 Å². The van der Waals surface area contributed by atoms with Crippen molar-refractivity contribution in [1.29, 1.82) is 0 Å². The van der Waals surface area contributed by atoms with Gasteiger partial charge in [0.1, 0.15) is 0 Å². The lowest BCUT2D eigenvalue weighted by Gasteiger charge is -2.07. The van der Waals surface area contributed by atoms with Crippen molar-refractivity contribution in [2.45, 2.75) is 33.1 Å². The normalized spacial score (nSPS) is 13.2. The molecule has 12 heavy (non-hydrogen) atoms. The van der Waals surface area contributed by atoms with Gasteiger partial charge >= 0.3 is 0 Å². The minimum Gasteiger partial charge on any atom is -0.380 e. The van der Waals surface area contributed by atoms with Gasteiger partial charge in [-0.25, -0.2) is 0 Å². The Bertz CT molecular complexity index is 85.9. The summed E-state index contributed by atoms with van der Waals surface area (Å²) in [6.07, 6.45) is 3.80. The van der Waals surface area contributed by atoms with Crippen LogP contribution in [-0.4, -0.2) is 26.8 Å². The zero-order chi connectivity index (χ0) is 9.23. The van der Waals surface area contributed by atoms with Gasteiger partial charge in [0.05, 0.1) is 6.61 Å². The molecule has 0 aromatic rings. The molecule has 0 heterocycles. The highest BCUT2D eigenvalue weighted by atomic mass is 16.5. The van der Waals surface area contributed by atoms with Crippen LogP contribution in [-0.2, 0) is 4.74 Å². The molecular formula is C10H23NO. The highest BCUT2D eigenvalue weighted by molar-refractivity contribution is 4.49. The summed E-state index contributed by atoms with van der Waals surface area (Å²) in [7, 11) is 1.95. The smallest absolute Gasteiger partial charge is 0.0590 e. The highest BCUT2D eigenvalue weighted by Crippen LogP contribution is 2.08. The second kappa shape index (κ2) is 9.01. The van der Waals surface area contributed by atoms with Crippen LogP contribution in [0, 0.1) is 5.92 Å². The van der Waals surface area contributed by atoms with E-state index in [9.17, 15) is 0 Å². The summed E-state index contributed by atoms with van der Waals surface area (Å²) in [5, 5.41) is 3.05. The highest BCUT2D eigenvalue weighted by Gasteiger charge is 1.97. The van der Waals surface area contributed by atoms with Gasteiger partial charge in [-0.05, 0) is 25.8 Å². The second-order valence-electron chi connectivity index (χ2n) is 3.37. The summed E-state index contributed by atoms with van der Waals surface area (Å²) < 4.78 is 5.41. The molecule has 1 atom stereocenters. The molecule has 0 fully saturated rings. The van der Waals surface area contributed by atoms with Crippen molar-refractivity contribution in [1.82, 2.24) is 5.32 Å². The van der Waals surface area contributed by atoms with Crippen LogP contribution < -0.4 is 5.32 Å². The standard InChI is InChI=1S/C10H23NO/c1-4-10(2)6-5-8-12-9-7-11-3/h10-11H,4-9H2,1-3H3. The Hall–Kier alpha value is -0.0800. The molecule has 0 aliphatic carbocycles. The van der Waals surface area contributed by atoms with Crippen molar-refractivity contribution in [3.63, 3.8) is 0 Å². The van der Waals surface area contributed by atoms with Crippen molar-refractivity contribution in [3.8, 4) is 0 Å². The van der Waals surface area contributed by atoms with E-state index < -0.39 is 0 Å². The number of rotatable bonds is 8. The molecule has 0 saturated heterocycles. The van der Waals surface area contributed by atoms with Crippen LogP contribution in [0.4, 0.5) is 0 Å². The van der Waals surface area contributed by atoms with Crippen LogP contribution in [0.5, 0.6) is 0 Å². The molecule has 0 aliphatic rings. The Morgan fingerprint density at radius 2 is 2.08 bits per heavy atom. The Labute approximate surface area is 76.7 Å². The van der Waals surface area contributed by atoms with Crippen LogP contribution in [0.3, 0.4) is 0 Å². The molecule has 0 aliphatic heterocycles. The lowest BCUT2D eigenvalue weighted by atomic mass is 10.0. The summed E-state index contributed by atoms with van der Waals surface area (Å²) in [5.74, 6) is 0.859. The lowest BCUT2D eigenvalue weighted by Crippen LogP contribution is -2.14. The van der Waals surface area contributed by atoms with E-state index in [2.05, 4.69) is 19.2 Å². The number of hydrogen-bond acceptors (Lipinski definition) is 2. The zero-order valence-electron chi connectivity index (χ0n) is 8.73. The SMILES string of the molecule is CCC(C)CCCOCCNC. The van der Waals surface area contributed by atoms with E-state index in [1.807, 2.05) is 7.05 Å². The molecule has 0 bridgehead atoms. The third kappa shape index (κ3) is 8.02. The first-order chi connectivity index (χ1) is 5.81. The summed E-state index contributed by atoms with van der Waals surface area (Å²) in [4.78, 5) is 0. The van der Waals surface area contributed by atoms with E-state index >= 15 is 0 Å². The Balaban J connectivity index is 2.90. The predicted octanol–water partition coefficient (Wildman–Crippen LogP) is 2.05. The van der Waals surface area contributed by atoms with Gasteiger partial charge in [-0.1, -0.05) is 20.3 Å². The molecule has 1 N–H and O–H groups in total. The van der Waals surface area contributed by atoms with Gasteiger partial charge < -0.3 is 10.1 Å². The lowest BCUT2D eigenvalue weighted by molar-refractivity contribution is 0.130. The minimum absolute atomic E-state index is 0.844. The first kappa shape index (κ1) is 11.9. The Kier molecular flexibility index (Phi) is 8.95. The fraction of sp³-hybridized carbons (Fsp3) is 1.00. The number of nitrogens with one attached hydrogen (secondary N) is 1. The van der Waals surface area contributed by atoms with Gasteiger partial charge in [0.2, 0.25) is 0 Å². The summed E-state index contributed by atoms with van der Waals surface area (Å²) >= 11 is 0. The molecule has 0 amide bonds. The molecule has 2 nitrogen and oxygen atoms in total. The van der Waals surface area contributed by atoms with Gasteiger partial charge in [-0.2, -0.15) is 0 Å². The van der Waals surface area contributed by atoms with E-state index in [1.165, 1.54) is 19.3 Å². The maximum absolute atomic E-state index is 5.41. The summed E-state index contributed by atoms with van der Waals surface area (Å²) in [6.45, 7) is 7.27. The maximum Gasteiger partial charge on any atom is 0.0590 e. The molecule has 0 aromatic heterocycles. The van der Waals surface area contributed by atoms with E-state index in [1.54, 1.807) is 0 Å². The molecular weight excluding hydrogens is 150 g/mol. The monoisotopic (exact) mass is 173 g/mol. The third-order valence-electron chi connectivity index (χ3n) is 2.18. The number of ether oxygens (including phenoxy) is 1. The van der Waals surface area contributed by atoms with Crippen LogP contribution in [0.15, 0.2) is 0 Å². The van der Waals surface area contributed by atoms with Gasteiger partial charge in [-0.3, -0.25) is 0 Å². The molecule has 0 aromatic carbocycles. The van der Waals surface area contributed by atoms with Crippen LogP contribution in [0.2, 0.25) is 0 Å². The predicted molar refractivity (Wildman–Crippen MR) is 53.4 cm³/mol. The van der Waals surface area contributed by atoms with Crippen molar-refractivity contribution >= 4 is 0 Å². The van der Waals surface area contributed by atoms with Gasteiger partial charge in [0.25, 0.3) is 0 Å². The quantitative estimate of drug-likeness (QED) is 0.567. The number of hydrogen-bond donors (Lipinski definition) is 1. The van der Waals surface area contributed by atoms with Gasteiger partial charge in [0, 0.05) is 13.2 Å². The van der Waals surface area contributed by atoms with Crippen molar-refractivity contribution < 1.29 is 4.74 Å². The summed E-state index contributed by atoms with van der Waals surface area (Å²) in [5.41, 5.74) is 0. The van der Waals surface area contributed by atoms with Crippen molar-refractivity contribution in [2.75, 3.05) is 26.8 Å². The van der Waals surface area contributed by atoms with Gasteiger partial charge in [-0.15, -0.1) is 0 Å². The molecule has 0 rings (SSSR count). The fourth-order valence-corrected chi connectivity index (χ4v) is 1.01. The first-order valence-corrected chi connectivity index (χ1v) is 5.03.